The average molecular weight is 663 g/mol. The molecule has 2 heterocycles. The second-order valence-electron chi connectivity index (χ2n) is 12.7. The fourth-order valence-corrected chi connectivity index (χ4v) is 5.59. The number of ether oxygens (including phenoxy) is 9. The molecular weight excluding hydrogens is 592 g/mol. The first-order valence-corrected chi connectivity index (χ1v) is 18.8. The molecule has 2 aliphatic heterocycles. The van der Waals surface area contributed by atoms with E-state index < -0.39 is 37.0 Å². The molecule has 0 aliphatic carbocycles. The van der Waals surface area contributed by atoms with Crippen molar-refractivity contribution < 1.29 is 47.7 Å². The Hall–Kier alpha value is -0.400. The van der Waals surface area contributed by atoms with Crippen LogP contribution in [0.25, 0.3) is 0 Å². The highest BCUT2D eigenvalue weighted by Gasteiger charge is 2.48. The zero-order valence-corrected chi connectivity index (χ0v) is 30.2. The summed E-state index contributed by atoms with van der Waals surface area (Å²) < 4.78 is 57.0. The van der Waals surface area contributed by atoms with Crippen molar-refractivity contribution in [2.45, 2.75) is 180 Å². The van der Waals surface area contributed by atoms with E-state index in [0.29, 0.717) is 52.7 Å². The van der Waals surface area contributed by atoms with Crippen LogP contribution >= 0.6 is 0 Å². The van der Waals surface area contributed by atoms with E-state index in [1.165, 1.54) is 0 Å². The van der Waals surface area contributed by atoms with Gasteiger partial charge >= 0.3 is 0 Å². The molecule has 0 spiro atoms. The second-order valence-corrected chi connectivity index (χ2v) is 12.7. The van der Waals surface area contributed by atoms with Gasteiger partial charge in [0.25, 0.3) is 0 Å². The summed E-state index contributed by atoms with van der Waals surface area (Å²) in [5.41, 5.74) is 0. The molecule has 10 nitrogen and oxygen atoms in total. The van der Waals surface area contributed by atoms with E-state index in [4.69, 9.17) is 42.6 Å². The lowest BCUT2D eigenvalue weighted by Gasteiger charge is -2.45. The Morgan fingerprint density at radius 2 is 0.935 bits per heavy atom. The zero-order valence-electron chi connectivity index (χ0n) is 30.2. The van der Waals surface area contributed by atoms with Gasteiger partial charge in [-0.1, -0.05) is 80.1 Å². The Morgan fingerprint density at radius 3 is 1.50 bits per heavy atom. The third kappa shape index (κ3) is 15.4. The summed E-state index contributed by atoms with van der Waals surface area (Å²) in [6.45, 7) is 17.1. The molecule has 0 aromatic rings. The monoisotopic (exact) mass is 662 g/mol. The van der Waals surface area contributed by atoms with Gasteiger partial charge in [-0.05, 0) is 38.5 Å². The first kappa shape index (κ1) is 41.8. The molecule has 2 aliphatic rings. The molecule has 2 fully saturated rings. The average Bonchev–Trinajstić information content (AvgIpc) is 3.05. The highest BCUT2D eigenvalue weighted by Crippen LogP contribution is 2.31. The Bertz CT molecular complexity index is 700. The van der Waals surface area contributed by atoms with Gasteiger partial charge in [0.15, 0.2) is 12.6 Å². The molecule has 0 radical (unpaired) electrons. The first-order chi connectivity index (χ1) is 22.5. The number of hydrogen-bond acceptors (Lipinski definition) is 10. The molecule has 0 aromatic carbocycles. The Balaban J connectivity index is 2.21. The van der Waals surface area contributed by atoms with Crippen LogP contribution in [0.15, 0.2) is 0 Å². The van der Waals surface area contributed by atoms with E-state index >= 15 is 0 Å². The van der Waals surface area contributed by atoms with Crippen molar-refractivity contribution in [1.82, 2.24) is 0 Å². The molecule has 2 saturated heterocycles. The van der Waals surface area contributed by atoms with Gasteiger partial charge in [-0.15, -0.1) is 0 Å². The van der Waals surface area contributed by atoms with Gasteiger partial charge in [0.1, 0.15) is 36.6 Å². The van der Waals surface area contributed by atoms with Crippen LogP contribution in [0.3, 0.4) is 0 Å². The van der Waals surface area contributed by atoms with Crippen molar-refractivity contribution in [2.24, 2.45) is 0 Å². The Morgan fingerprint density at radius 1 is 0.478 bits per heavy atom. The SMILES string of the molecule is CCCCOCC1O[C@@H](OCC2O[C@H](O)C(OCCCC)[C@@H](OCCCC)[C@@H]2OCCCC)CC(OCCCC)[C@@H]1OCCCC. The van der Waals surface area contributed by atoms with Crippen molar-refractivity contribution in [3.05, 3.63) is 0 Å². The van der Waals surface area contributed by atoms with E-state index in [0.717, 1.165) is 77.0 Å². The summed E-state index contributed by atoms with van der Waals surface area (Å²) >= 11 is 0. The number of unbranched alkanes of at least 4 members (excludes halogenated alkanes) is 6. The van der Waals surface area contributed by atoms with Gasteiger partial charge in [-0.2, -0.15) is 0 Å². The van der Waals surface area contributed by atoms with Crippen molar-refractivity contribution in [2.75, 3.05) is 52.9 Å². The molecule has 0 saturated carbocycles. The molecule has 2 rings (SSSR count). The van der Waals surface area contributed by atoms with Crippen LogP contribution in [0, 0.1) is 0 Å². The van der Waals surface area contributed by atoms with Gasteiger partial charge < -0.3 is 47.7 Å². The van der Waals surface area contributed by atoms with Crippen LogP contribution in [0.1, 0.15) is 125 Å². The van der Waals surface area contributed by atoms with E-state index in [9.17, 15) is 5.11 Å². The minimum absolute atomic E-state index is 0.167. The van der Waals surface area contributed by atoms with Gasteiger partial charge in [0.05, 0.1) is 19.3 Å². The fourth-order valence-electron chi connectivity index (χ4n) is 5.59. The topological polar surface area (TPSA) is 103 Å². The summed E-state index contributed by atoms with van der Waals surface area (Å²) in [5, 5.41) is 11.2. The fraction of sp³-hybridized carbons (Fsp3) is 1.00. The Labute approximate surface area is 280 Å². The zero-order chi connectivity index (χ0) is 33.4. The quantitative estimate of drug-likeness (QED) is 0.0925. The lowest BCUT2D eigenvalue weighted by Crippen LogP contribution is -2.62. The van der Waals surface area contributed by atoms with E-state index in [2.05, 4.69) is 41.5 Å². The minimum Gasteiger partial charge on any atom is -0.379 e. The predicted octanol–water partition coefficient (Wildman–Crippen LogP) is 6.58. The summed E-state index contributed by atoms with van der Waals surface area (Å²) in [7, 11) is 0. The normalized spacial score (nSPS) is 30.2. The summed E-state index contributed by atoms with van der Waals surface area (Å²) in [6, 6.07) is 0. The van der Waals surface area contributed by atoms with E-state index in [1.54, 1.807) is 0 Å². The molecule has 0 aromatic heterocycles. The van der Waals surface area contributed by atoms with Gasteiger partial charge in [-0.3, -0.25) is 0 Å². The molecule has 46 heavy (non-hydrogen) atoms. The standard InChI is InChI=1S/C36H70O10/c1-7-13-19-38-26-29-32(40-21-15-9-3)28(39-20-14-8-2)25-31(45-29)44-27-30-33(41-22-16-10-4)34(42-23-17-11-5)35(36(37)46-30)43-24-18-12-6/h28-37H,7-27H2,1-6H3/t28?,29?,30?,31-,32+,33-,34+,35?,36+/m1/s1. The third-order valence-corrected chi connectivity index (χ3v) is 8.53. The molecule has 9 atom stereocenters. The van der Waals surface area contributed by atoms with Gasteiger partial charge in [0.2, 0.25) is 0 Å². The lowest BCUT2D eigenvalue weighted by atomic mass is 9.98. The Kier molecular flexibility index (Phi) is 24.0. The molecule has 4 unspecified atom stereocenters. The molecule has 0 amide bonds. The largest absolute Gasteiger partial charge is 0.379 e. The lowest BCUT2D eigenvalue weighted by molar-refractivity contribution is -0.326. The summed E-state index contributed by atoms with van der Waals surface area (Å²) in [6.07, 6.45) is 7.81. The van der Waals surface area contributed by atoms with Crippen molar-refractivity contribution >= 4 is 0 Å². The van der Waals surface area contributed by atoms with Crippen LogP contribution in [-0.4, -0.2) is 113 Å². The maximum Gasteiger partial charge on any atom is 0.184 e. The maximum absolute atomic E-state index is 11.2. The molecular formula is C36H70O10. The molecule has 0 bridgehead atoms. The van der Waals surface area contributed by atoms with Crippen LogP contribution in [0.4, 0.5) is 0 Å². The smallest absolute Gasteiger partial charge is 0.184 e. The van der Waals surface area contributed by atoms with Crippen molar-refractivity contribution in [1.29, 1.82) is 0 Å². The summed E-state index contributed by atoms with van der Waals surface area (Å²) in [5.74, 6) is 0. The molecule has 10 heteroatoms. The highest BCUT2D eigenvalue weighted by molar-refractivity contribution is 4.93. The molecule has 274 valence electrons. The van der Waals surface area contributed by atoms with Crippen LogP contribution < -0.4 is 0 Å². The van der Waals surface area contributed by atoms with Gasteiger partial charge in [-0.25, -0.2) is 0 Å². The van der Waals surface area contributed by atoms with Crippen molar-refractivity contribution in [3.63, 3.8) is 0 Å². The summed E-state index contributed by atoms with van der Waals surface area (Å²) in [4.78, 5) is 0. The molecule has 1 N–H and O–H groups in total. The van der Waals surface area contributed by atoms with Crippen LogP contribution in [0.5, 0.6) is 0 Å². The van der Waals surface area contributed by atoms with E-state index in [-0.39, 0.29) is 24.9 Å². The predicted molar refractivity (Wildman–Crippen MR) is 179 cm³/mol. The van der Waals surface area contributed by atoms with Gasteiger partial charge in [0, 0.05) is 46.1 Å². The van der Waals surface area contributed by atoms with Crippen LogP contribution in [0.2, 0.25) is 0 Å². The second kappa shape index (κ2) is 26.5. The first-order valence-electron chi connectivity index (χ1n) is 18.8. The number of aliphatic hydroxyl groups excluding tert-OH is 1. The third-order valence-electron chi connectivity index (χ3n) is 8.53. The number of hydrogen-bond donors (Lipinski definition) is 1. The van der Waals surface area contributed by atoms with Crippen molar-refractivity contribution in [3.8, 4) is 0 Å². The number of rotatable bonds is 28. The van der Waals surface area contributed by atoms with Crippen LogP contribution in [-0.2, 0) is 42.6 Å². The minimum atomic E-state index is -1.16. The maximum atomic E-state index is 11.2. The number of aliphatic hydroxyl groups is 1. The van der Waals surface area contributed by atoms with E-state index in [1.807, 2.05) is 0 Å². The highest BCUT2D eigenvalue weighted by atomic mass is 16.7.